The first-order chi connectivity index (χ1) is 16.7. The number of nitrogens with zero attached hydrogens (tertiary/aromatic N) is 3. The van der Waals surface area contributed by atoms with Gasteiger partial charge in [0.05, 0.1) is 12.0 Å². The van der Waals surface area contributed by atoms with Crippen molar-refractivity contribution >= 4 is 23.4 Å². The van der Waals surface area contributed by atoms with Gasteiger partial charge in [-0.3, -0.25) is 14.4 Å². The van der Waals surface area contributed by atoms with Crippen LogP contribution in [0.2, 0.25) is 0 Å². The number of benzene rings is 2. The fraction of sp³-hybridized carbons (Fsp3) is 0.357. The van der Waals surface area contributed by atoms with E-state index >= 15 is 0 Å². The van der Waals surface area contributed by atoms with Crippen LogP contribution in [0.3, 0.4) is 0 Å². The summed E-state index contributed by atoms with van der Waals surface area (Å²) >= 11 is 0. The van der Waals surface area contributed by atoms with Gasteiger partial charge in [0.2, 0.25) is 11.8 Å². The predicted molar refractivity (Wildman–Crippen MR) is 136 cm³/mol. The van der Waals surface area contributed by atoms with E-state index in [9.17, 15) is 19.6 Å². The highest BCUT2D eigenvalue weighted by Crippen LogP contribution is 2.24. The van der Waals surface area contributed by atoms with Gasteiger partial charge in [0.1, 0.15) is 12.6 Å². The predicted octanol–water partition coefficient (Wildman–Crippen LogP) is 3.54. The first-order valence-corrected chi connectivity index (χ1v) is 11.6. The van der Waals surface area contributed by atoms with Crippen molar-refractivity contribution in [2.75, 3.05) is 25.5 Å². The third kappa shape index (κ3) is 8.98. The number of nitriles is 1. The molecule has 35 heavy (non-hydrogen) atoms. The summed E-state index contributed by atoms with van der Waals surface area (Å²) in [5.41, 5.74) is 1.36. The van der Waals surface area contributed by atoms with Gasteiger partial charge in [0.15, 0.2) is 0 Å². The van der Waals surface area contributed by atoms with Gasteiger partial charge in [-0.05, 0) is 36.6 Å². The molecule has 1 saturated heterocycles. The molecule has 182 valence electrons. The Labute approximate surface area is 207 Å². The van der Waals surface area contributed by atoms with E-state index in [4.69, 9.17) is 0 Å². The Kier molecular flexibility index (Phi) is 10.5. The highest BCUT2D eigenvalue weighted by atomic mass is 16.2. The highest BCUT2D eigenvalue weighted by molar-refractivity contribution is 5.97. The van der Waals surface area contributed by atoms with Crippen molar-refractivity contribution < 1.29 is 14.4 Å². The molecule has 7 heteroatoms. The molecule has 1 N–H and O–H groups in total. The summed E-state index contributed by atoms with van der Waals surface area (Å²) in [7, 11) is 1.48. The number of para-hydroxylation sites is 1. The standard InChI is InChI=1S/C24H22N4O3.C4H10/c1-27(22(29)13-12-18-8-4-2-5-9-18)17-23(30)28-16-19(14-21(28)15-25)24(31)26-20-10-6-3-7-11-20;1-4(2)3/h2-11,19,21H,14,16-17H2,1H3,(H,26,31);4H,1-3H3. The summed E-state index contributed by atoms with van der Waals surface area (Å²) in [5, 5.41) is 12.3. The second kappa shape index (κ2) is 13.6. The van der Waals surface area contributed by atoms with Crippen LogP contribution in [0.15, 0.2) is 60.7 Å². The molecule has 3 amide bonds. The fourth-order valence-corrected chi connectivity index (χ4v) is 3.30. The largest absolute Gasteiger partial charge is 0.326 e. The Hall–Kier alpha value is -4.10. The van der Waals surface area contributed by atoms with E-state index in [-0.39, 0.29) is 31.3 Å². The summed E-state index contributed by atoms with van der Waals surface area (Å²) in [4.78, 5) is 40.1. The number of amides is 3. The molecule has 1 heterocycles. The maximum Gasteiger partial charge on any atom is 0.299 e. The lowest BCUT2D eigenvalue weighted by molar-refractivity contribution is -0.137. The van der Waals surface area contributed by atoms with Crippen LogP contribution in [-0.4, -0.2) is 53.7 Å². The number of carbonyl (C=O) groups is 3. The second-order valence-electron chi connectivity index (χ2n) is 8.99. The molecule has 1 fully saturated rings. The van der Waals surface area contributed by atoms with Gasteiger partial charge in [-0.15, -0.1) is 0 Å². The molecule has 2 atom stereocenters. The molecule has 2 aromatic rings. The van der Waals surface area contributed by atoms with Crippen molar-refractivity contribution in [3.05, 3.63) is 66.2 Å². The van der Waals surface area contributed by atoms with Crippen molar-refractivity contribution in [1.82, 2.24) is 9.80 Å². The molecule has 1 aliphatic heterocycles. The average Bonchev–Trinajstić information content (AvgIpc) is 3.28. The van der Waals surface area contributed by atoms with E-state index in [1.807, 2.05) is 36.4 Å². The molecule has 0 bridgehead atoms. The van der Waals surface area contributed by atoms with Crippen molar-refractivity contribution in [2.45, 2.75) is 33.2 Å². The lowest BCUT2D eigenvalue weighted by Gasteiger charge is -2.22. The van der Waals surface area contributed by atoms with Gasteiger partial charge in [0, 0.05) is 30.8 Å². The summed E-state index contributed by atoms with van der Waals surface area (Å²) in [6, 6.07) is 19.5. The van der Waals surface area contributed by atoms with E-state index in [2.05, 4.69) is 44.0 Å². The van der Waals surface area contributed by atoms with E-state index in [0.717, 1.165) is 5.92 Å². The van der Waals surface area contributed by atoms with Gasteiger partial charge in [-0.25, -0.2) is 0 Å². The van der Waals surface area contributed by atoms with E-state index in [1.165, 1.54) is 16.8 Å². The molecule has 0 spiro atoms. The zero-order valence-electron chi connectivity index (χ0n) is 20.7. The normalized spacial score (nSPS) is 16.2. The van der Waals surface area contributed by atoms with Crippen LogP contribution in [0.4, 0.5) is 5.69 Å². The van der Waals surface area contributed by atoms with Crippen LogP contribution in [0, 0.1) is 35.0 Å². The molecule has 0 radical (unpaired) electrons. The average molecular weight is 473 g/mol. The minimum Gasteiger partial charge on any atom is -0.326 e. The third-order valence-corrected chi connectivity index (χ3v) is 4.99. The Bertz CT molecular complexity index is 1100. The Balaban J connectivity index is 0.00000100. The van der Waals surface area contributed by atoms with Gasteiger partial charge < -0.3 is 15.1 Å². The Morgan fingerprint density at radius 3 is 2.20 bits per heavy atom. The quantitative estimate of drug-likeness (QED) is 0.689. The first-order valence-electron chi connectivity index (χ1n) is 11.6. The molecule has 0 aromatic heterocycles. The summed E-state index contributed by atoms with van der Waals surface area (Å²) in [6.45, 7) is 6.42. The van der Waals surface area contributed by atoms with Gasteiger partial charge in [0.25, 0.3) is 5.91 Å². The van der Waals surface area contributed by atoms with Crippen molar-refractivity contribution in [3.8, 4) is 17.9 Å². The number of rotatable bonds is 4. The number of likely N-dealkylation sites (N-methyl/N-ethyl adjacent to an activating group) is 1. The van der Waals surface area contributed by atoms with Gasteiger partial charge >= 0.3 is 0 Å². The molecule has 0 saturated carbocycles. The van der Waals surface area contributed by atoms with Gasteiger partial charge in [-0.2, -0.15) is 5.26 Å². The minimum absolute atomic E-state index is 0.132. The summed E-state index contributed by atoms with van der Waals surface area (Å²) in [6.07, 6.45) is 0.256. The zero-order chi connectivity index (χ0) is 25.8. The summed E-state index contributed by atoms with van der Waals surface area (Å²) in [5.74, 6) is 4.49. The lowest BCUT2D eigenvalue weighted by atomic mass is 10.1. The number of hydrogen-bond acceptors (Lipinski definition) is 4. The van der Waals surface area contributed by atoms with Crippen LogP contribution in [-0.2, 0) is 14.4 Å². The SMILES string of the molecule is CC(C)C.CN(CC(=O)N1CC(C(=O)Nc2ccccc2)CC1C#N)C(=O)C#Cc1ccccc1. The topological polar surface area (TPSA) is 93.5 Å². The number of likely N-dealkylation sites (tertiary alicyclic amines) is 1. The number of carbonyl (C=O) groups excluding carboxylic acids is 3. The van der Waals surface area contributed by atoms with Crippen molar-refractivity contribution in [2.24, 2.45) is 11.8 Å². The maximum atomic E-state index is 12.7. The maximum absolute atomic E-state index is 12.7. The summed E-state index contributed by atoms with van der Waals surface area (Å²) < 4.78 is 0. The van der Waals surface area contributed by atoms with Crippen LogP contribution >= 0.6 is 0 Å². The zero-order valence-corrected chi connectivity index (χ0v) is 20.7. The van der Waals surface area contributed by atoms with Crippen molar-refractivity contribution in [1.29, 1.82) is 5.26 Å². The number of nitrogens with one attached hydrogen (secondary N) is 1. The van der Waals surface area contributed by atoms with Crippen molar-refractivity contribution in [3.63, 3.8) is 0 Å². The molecule has 1 aliphatic rings. The van der Waals surface area contributed by atoms with E-state index in [0.29, 0.717) is 11.3 Å². The van der Waals surface area contributed by atoms with Gasteiger partial charge in [-0.1, -0.05) is 63.1 Å². The minimum atomic E-state index is -0.710. The number of anilines is 1. The first kappa shape index (κ1) is 27.1. The van der Waals surface area contributed by atoms with Crippen LogP contribution in [0.1, 0.15) is 32.8 Å². The monoisotopic (exact) mass is 472 g/mol. The van der Waals surface area contributed by atoms with E-state index in [1.54, 1.807) is 24.3 Å². The van der Waals surface area contributed by atoms with Crippen LogP contribution < -0.4 is 5.32 Å². The van der Waals surface area contributed by atoms with E-state index < -0.39 is 17.9 Å². The smallest absolute Gasteiger partial charge is 0.299 e. The molecular weight excluding hydrogens is 440 g/mol. The second-order valence-corrected chi connectivity index (χ2v) is 8.99. The fourth-order valence-electron chi connectivity index (χ4n) is 3.30. The van der Waals surface area contributed by atoms with Crippen LogP contribution in [0.25, 0.3) is 0 Å². The molecule has 3 rings (SSSR count). The number of hydrogen-bond donors (Lipinski definition) is 1. The van der Waals surface area contributed by atoms with Crippen LogP contribution in [0.5, 0.6) is 0 Å². The Morgan fingerprint density at radius 1 is 1.06 bits per heavy atom. The molecule has 2 aromatic carbocycles. The third-order valence-electron chi connectivity index (χ3n) is 4.99. The Morgan fingerprint density at radius 2 is 1.63 bits per heavy atom. The molecule has 0 aliphatic carbocycles. The molecule has 7 nitrogen and oxygen atoms in total. The lowest BCUT2D eigenvalue weighted by Crippen LogP contribution is -2.43. The highest BCUT2D eigenvalue weighted by Gasteiger charge is 2.39. The molecule has 2 unspecified atom stereocenters. The molecular formula is C28H32N4O3.